The Balaban J connectivity index is 0.000000257. The minimum Gasteiger partial charge on any atom is -0.479 e. The Morgan fingerprint density at radius 1 is 0.917 bits per heavy atom. The molecule has 0 bridgehead atoms. The van der Waals surface area contributed by atoms with Gasteiger partial charge in [0.05, 0.1) is 0 Å². The minimum atomic E-state index is -4.40. The lowest BCUT2D eigenvalue weighted by Crippen LogP contribution is -2.28. The first kappa shape index (κ1) is 19.4. The average molecular weight is 354 g/mol. The first-order chi connectivity index (χ1) is 11.1. The van der Waals surface area contributed by atoms with E-state index in [0.29, 0.717) is 0 Å². The van der Waals surface area contributed by atoms with Crippen LogP contribution < -0.4 is 11.5 Å². The predicted octanol–water partition coefficient (Wildman–Crippen LogP) is 0.838. The van der Waals surface area contributed by atoms with Crippen molar-refractivity contribution in [1.82, 2.24) is 0 Å². The standard InChI is InChI=1S/C12H12N2.C3H6O6S/c13-11-5-1-9(2-6-11)10-3-7-12(14)8-4-10;4-2(3(5)6)1-10(7,8)9/h1-8H,13-14H2;2,4H,1H2,(H,5,6)(H,7,8,9). The number of carboxylic acid groups (broad SMARTS) is 1. The predicted molar refractivity (Wildman–Crippen MR) is 90.8 cm³/mol. The van der Waals surface area contributed by atoms with Crippen molar-refractivity contribution in [3.05, 3.63) is 48.5 Å². The number of anilines is 2. The molecule has 1 unspecified atom stereocenters. The van der Waals surface area contributed by atoms with Crippen LogP contribution in [0.2, 0.25) is 0 Å². The molecule has 0 amide bonds. The van der Waals surface area contributed by atoms with Crippen LogP contribution in [0.3, 0.4) is 0 Å². The number of aliphatic carboxylic acids is 1. The molecule has 0 fully saturated rings. The Labute approximate surface area is 139 Å². The summed E-state index contributed by atoms with van der Waals surface area (Å²) >= 11 is 0. The fraction of sp³-hybridized carbons (Fsp3) is 0.133. The average Bonchev–Trinajstić information content (AvgIpc) is 2.48. The number of rotatable bonds is 4. The second-order valence-electron chi connectivity index (χ2n) is 4.85. The number of benzene rings is 2. The summed E-state index contributed by atoms with van der Waals surface area (Å²) in [6, 6.07) is 15.6. The third-order valence-corrected chi connectivity index (χ3v) is 3.55. The van der Waals surface area contributed by atoms with Gasteiger partial charge in [-0.25, -0.2) is 4.79 Å². The van der Waals surface area contributed by atoms with Gasteiger partial charge in [-0.15, -0.1) is 0 Å². The number of aliphatic hydroxyl groups is 1. The highest BCUT2D eigenvalue weighted by atomic mass is 32.2. The lowest BCUT2D eigenvalue weighted by molar-refractivity contribution is -0.145. The van der Waals surface area contributed by atoms with Gasteiger partial charge in [0.2, 0.25) is 0 Å². The van der Waals surface area contributed by atoms with Crippen molar-refractivity contribution in [1.29, 1.82) is 0 Å². The molecule has 0 saturated heterocycles. The van der Waals surface area contributed by atoms with E-state index in [2.05, 4.69) is 0 Å². The van der Waals surface area contributed by atoms with E-state index in [9.17, 15) is 13.2 Å². The molecule has 0 heterocycles. The van der Waals surface area contributed by atoms with Gasteiger partial charge in [-0.1, -0.05) is 24.3 Å². The highest BCUT2D eigenvalue weighted by Crippen LogP contribution is 2.21. The molecule has 0 saturated carbocycles. The number of hydrogen-bond acceptors (Lipinski definition) is 6. The minimum absolute atomic E-state index is 0.782. The highest BCUT2D eigenvalue weighted by Gasteiger charge is 2.20. The number of carboxylic acids is 1. The molecular weight excluding hydrogens is 336 g/mol. The molecule has 2 aromatic rings. The maximum atomic E-state index is 9.88. The Hall–Kier alpha value is -2.62. The van der Waals surface area contributed by atoms with Crippen LogP contribution in [-0.4, -0.2) is 41.0 Å². The van der Waals surface area contributed by atoms with Crippen molar-refractivity contribution in [2.45, 2.75) is 6.10 Å². The van der Waals surface area contributed by atoms with Crippen LogP contribution >= 0.6 is 0 Å². The lowest BCUT2D eigenvalue weighted by Gasteiger charge is -2.02. The van der Waals surface area contributed by atoms with Crippen LogP contribution in [0.15, 0.2) is 48.5 Å². The van der Waals surface area contributed by atoms with Crippen LogP contribution in [0.25, 0.3) is 11.1 Å². The molecule has 0 aliphatic heterocycles. The zero-order chi connectivity index (χ0) is 18.3. The summed E-state index contributed by atoms with van der Waals surface area (Å²) in [4.78, 5) is 9.75. The van der Waals surface area contributed by atoms with E-state index in [1.807, 2.05) is 48.5 Å². The second-order valence-corrected chi connectivity index (χ2v) is 6.34. The third kappa shape index (κ3) is 7.09. The highest BCUT2D eigenvalue weighted by molar-refractivity contribution is 7.85. The molecule has 9 heteroatoms. The summed E-state index contributed by atoms with van der Waals surface area (Å²) in [6.07, 6.45) is -2.06. The van der Waals surface area contributed by atoms with Gasteiger partial charge in [0.25, 0.3) is 10.1 Å². The van der Waals surface area contributed by atoms with Gasteiger partial charge in [-0.2, -0.15) is 8.42 Å². The quantitative estimate of drug-likeness (QED) is 0.398. The molecule has 7 N–H and O–H groups in total. The summed E-state index contributed by atoms with van der Waals surface area (Å²) in [5, 5.41) is 16.2. The summed E-state index contributed by atoms with van der Waals surface area (Å²) in [7, 11) is -4.40. The Morgan fingerprint density at radius 3 is 1.46 bits per heavy atom. The fourth-order valence-electron chi connectivity index (χ4n) is 1.62. The van der Waals surface area contributed by atoms with Gasteiger partial charge >= 0.3 is 5.97 Å². The number of nitrogen functional groups attached to an aromatic ring is 2. The van der Waals surface area contributed by atoms with Crippen LogP contribution in [0.4, 0.5) is 11.4 Å². The van der Waals surface area contributed by atoms with E-state index in [0.717, 1.165) is 22.5 Å². The summed E-state index contributed by atoms with van der Waals surface area (Å²) < 4.78 is 27.7. The molecule has 2 aromatic carbocycles. The van der Waals surface area contributed by atoms with Crippen molar-refractivity contribution >= 4 is 27.5 Å². The lowest BCUT2D eigenvalue weighted by atomic mass is 10.1. The van der Waals surface area contributed by atoms with Crippen LogP contribution in [-0.2, 0) is 14.9 Å². The Kier molecular flexibility index (Phi) is 6.71. The number of carbonyl (C=O) groups is 1. The van der Waals surface area contributed by atoms with E-state index in [1.54, 1.807) is 0 Å². The zero-order valence-corrected chi connectivity index (χ0v) is 13.3. The Bertz CT molecular complexity index is 729. The topological polar surface area (TPSA) is 164 Å². The monoisotopic (exact) mass is 354 g/mol. The number of nitrogens with two attached hydrogens (primary N) is 2. The van der Waals surface area contributed by atoms with Crippen molar-refractivity contribution in [2.75, 3.05) is 17.2 Å². The summed E-state index contributed by atoms with van der Waals surface area (Å²) in [5.41, 5.74) is 15.1. The summed E-state index contributed by atoms with van der Waals surface area (Å²) in [5.74, 6) is -2.86. The molecular formula is C15H18N2O6S. The van der Waals surface area contributed by atoms with Gasteiger partial charge in [0.15, 0.2) is 6.10 Å². The van der Waals surface area contributed by atoms with E-state index in [1.165, 1.54) is 0 Å². The van der Waals surface area contributed by atoms with E-state index < -0.39 is 27.9 Å². The first-order valence-electron chi connectivity index (χ1n) is 6.66. The molecule has 8 nitrogen and oxygen atoms in total. The largest absolute Gasteiger partial charge is 0.479 e. The SMILES string of the molecule is Nc1ccc(-c2ccc(N)cc2)cc1.O=C(O)C(O)CS(=O)(=O)O. The van der Waals surface area contributed by atoms with Crippen molar-refractivity contribution in [3.63, 3.8) is 0 Å². The van der Waals surface area contributed by atoms with Crippen molar-refractivity contribution in [3.8, 4) is 11.1 Å². The Morgan fingerprint density at radius 2 is 1.25 bits per heavy atom. The number of hydrogen-bond donors (Lipinski definition) is 5. The maximum absolute atomic E-state index is 9.88. The van der Waals surface area contributed by atoms with Gasteiger partial charge in [-0.3, -0.25) is 4.55 Å². The first-order valence-corrected chi connectivity index (χ1v) is 8.27. The molecule has 0 aliphatic rings. The normalized spacial score (nSPS) is 11.9. The van der Waals surface area contributed by atoms with Crippen LogP contribution in [0.1, 0.15) is 0 Å². The molecule has 1 atom stereocenters. The van der Waals surface area contributed by atoms with E-state index in [4.69, 9.17) is 26.2 Å². The molecule has 0 radical (unpaired) electrons. The van der Waals surface area contributed by atoms with Gasteiger partial charge in [-0.05, 0) is 35.4 Å². The van der Waals surface area contributed by atoms with Gasteiger partial charge in [0, 0.05) is 11.4 Å². The molecule has 2 rings (SSSR count). The second kappa shape index (κ2) is 8.29. The maximum Gasteiger partial charge on any atom is 0.333 e. The smallest absolute Gasteiger partial charge is 0.333 e. The zero-order valence-electron chi connectivity index (χ0n) is 12.5. The van der Waals surface area contributed by atoms with Crippen molar-refractivity contribution in [2.24, 2.45) is 0 Å². The molecule has 0 spiro atoms. The van der Waals surface area contributed by atoms with Gasteiger partial charge < -0.3 is 21.7 Å². The van der Waals surface area contributed by atoms with Gasteiger partial charge in [0.1, 0.15) is 5.75 Å². The fourth-order valence-corrected chi connectivity index (χ4v) is 2.16. The molecule has 130 valence electrons. The molecule has 24 heavy (non-hydrogen) atoms. The third-order valence-electron chi connectivity index (χ3n) is 2.81. The molecule has 0 aromatic heterocycles. The van der Waals surface area contributed by atoms with E-state index in [-0.39, 0.29) is 0 Å². The van der Waals surface area contributed by atoms with E-state index >= 15 is 0 Å². The van der Waals surface area contributed by atoms with Crippen molar-refractivity contribution < 1.29 is 28.0 Å². The number of aliphatic hydroxyl groups excluding tert-OH is 1. The molecule has 0 aliphatic carbocycles. The van der Waals surface area contributed by atoms with Crippen LogP contribution in [0, 0.1) is 0 Å². The van der Waals surface area contributed by atoms with Crippen LogP contribution in [0.5, 0.6) is 0 Å². The summed E-state index contributed by atoms with van der Waals surface area (Å²) in [6.45, 7) is 0.